The molecular weight excluding hydrogens is 194 g/mol. The Bertz CT molecular complexity index is 491. The average Bonchev–Trinajstić information content (AvgIpc) is 2.62. The van der Waals surface area contributed by atoms with Gasteiger partial charge in [0.2, 0.25) is 0 Å². The topological polar surface area (TPSA) is 84.0 Å². The molecular formula is C10H8N3O2-. The third-order valence-electron chi connectivity index (χ3n) is 1.96. The number of aromatic carboxylic acids is 1. The number of aromatic nitrogens is 2. The Morgan fingerprint density at radius 2 is 2.00 bits per heavy atom. The van der Waals surface area contributed by atoms with Crippen LogP contribution in [0, 0.1) is 0 Å². The first-order valence-corrected chi connectivity index (χ1v) is 4.30. The van der Waals surface area contributed by atoms with Gasteiger partial charge < -0.3 is 15.6 Å². The molecule has 1 aromatic carbocycles. The first-order chi connectivity index (χ1) is 7.18. The standard InChI is InChI=1S/C10H9N3O2/c11-8-6-13(12-9(8)10(14)15)7-4-2-1-3-5-7/h1-6H,11H2,(H,14,15)/p-1. The monoisotopic (exact) mass is 202 g/mol. The Balaban J connectivity index is 2.48. The van der Waals surface area contributed by atoms with Crippen molar-refractivity contribution in [1.82, 2.24) is 9.78 Å². The maximum absolute atomic E-state index is 10.6. The van der Waals surface area contributed by atoms with Crippen LogP contribution in [0.25, 0.3) is 5.69 Å². The van der Waals surface area contributed by atoms with E-state index in [1.165, 1.54) is 10.9 Å². The summed E-state index contributed by atoms with van der Waals surface area (Å²) in [6, 6.07) is 9.10. The number of nitrogens with zero attached hydrogens (tertiary/aromatic N) is 2. The SMILES string of the molecule is Nc1cn(-c2ccccc2)nc1C(=O)[O-]. The van der Waals surface area contributed by atoms with Crippen molar-refractivity contribution in [2.75, 3.05) is 5.73 Å². The fourth-order valence-corrected chi connectivity index (χ4v) is 1.26. The molecule has 0 amide bonds. The van der Waals surface area contributed by atoms with E-state index in [2.05, 4.69) is 5.10 Å². The highest BCUT2D eigenvalue weighted by Crippen LogP contribution is 2.12. The second-order valence-corrected chi connectivity index (χ2v) is 3.00. The van der Waals surface area contributed by atoms with E-state index in [-0.39, 0.29) is 11.4 Å². The van der Waals surface area contributed by atoms with Crippen molar-refractivity contribution < 1.29 is 9.90 Å². The molecule has 2 N–H and O–H groups in total. The molecule has 5 heteroatoms. The van der Waals surface area contributed by atoms with Gasteiger partial charge in [0.15, 0.2) is 0 Å². The minimum atomic E-state index is -1.37. The summed E-state index contributed by atoms with van der Waals surface area (Å²) < 4.78 is 1.40. The largest absolute Gasteiger partial charge is 0.543 e. The molecule has 0 saturated carbocycles. The lowest BCUT2D eigenvalue weighted by molar-refractivity contribution is -0.255. The zero-order valence-corrected chi connectivity index (χ0v) is 7.75. The molecule has 1 heterocycles. The Morgan fingerprint density at radius 1 is 1.33 bits per heavy atom. The second-order valence-electron chi connectivity index (χ2n) is 3.00. The summed E-state index contributed by atoms with van der Waals surface area (Å²) in [5, 5.41) is 14.4. The van der Waals surface area contributed by atoms with Crippen molar-refractivity contribution in [3.05, 3.63) is 42.2 Å². The van der Waals surface area contributed by atoms with Crippen molar-refractivity contribution in [2.24, 2.45) is 0 Å². The Hall–Kier alpha value is -2.30. The summed E-state index contributed by atoms with van der Waals surface area (Å²) in [7, 11) is 0. The minimum absolute atomic E-state index is 0.0962. The van der Waals surface area contributed by atoms with Crippen molar-refractivity contribution >= 4 is 11.7 Å². The average molecular weight is 202 g/mol. The molecule has 0 saturated heterocycles. The van der Waals surface area contributed by atoms with Gasteiger partial charge in [0.05, 0.1) is 23.5 Å². The molecule has 0 radical (unpaired) electrons. The lowest BCUT2D eigenvalue weighted by Crippen LogP contribution is -2.24. The van der Waals surface area contributed by atoms with Crippen molar-refractivity contribution in [2.45, 2.75) is 0 Å². The van der Waals surface area contributed by atoms with E-state index in [1.54, 1.807) is 12.1 Å². The first-order valence-electron chi connectivity index (χ1n) is 4.30. The fraction of sp³-hybridized carbons (Fsp3) is 0. The molecule has 76 valence electrons. The number of hydrogen-bond donors (Lipinski definition) is 1. The van der Waals surface area contributed by atoms with Gasteiger partial charge in [-0.2, -0.15) is 5.10 Å². The van der Waals surface area contributed by atoms with E-state index in [1.807, 2.05) is 18.2 Å². The van der Waals surface area contributed by atoms with Crippen LogP contribution in [0.4, 0.5) is 5.69 Å². The van der Waals surface area contributed by atoms with Gasteiger partial charge in [0.1, 0.15) is 5.69 Å². The smallest absolute Gasteiger partial charge is 0.131 e. The zero-order chi connectivity index (χ0) is 10.8. The molecule has 0 aliphatic heterocycles. The van der Waals surface area contributed by atoms with Crippen LogP contribution in [-0.4, -0.2) is 15.7 Å². The summed E-state index contributed by atoms with van der Waals surface area (Å²) in [5.74, 6) is -1.37. The van der Waals surface area contributed by atoms with Crippen LogP contribution in [0.5, 0.6) is 0 Å². The third kappa shape index (κ3) is 1.67. The number of carbonyl (C=O) groups is 1. The third-order valence-corrected chi connectivity index (χ3v) is 1.96. The molecule has 0 bridgehead atoms. The van der Waals surface area contributed by atoms with Crippen LogP contribution in [0.15, 0.2) is 36.5 Å². The number of benzene rings is 1. The number of hydrogen-bond acceptors (Lipinski definition) is 4. The van der Waals surface area contributed by atoms with E-state index >= 15 is 0 Å². The summed E-state index contributed by atoms with van der Waals surface area (Å²) >= 11 is 0. The Morgan fingerprint density at radius 3 is 2.53 bits per heavy atom. The Kier molecular flexibility index (Phi) is 2.13. The molecule has 0 fully saturated rings. The maximum atomic E-state index is 10.6. The van der Waals surface area contributed by atoms with Gasteiger partial charge in [-0.25, -0.2) is 4.68 Å². The summed E-state index contributed by atoms with van der Waals surface area (Å²) in [5.41, 5.74) is 6.08. The summed E-state index contributed by atoms with van der Waals surface area (Å²) in [6.07, 6.45) is 1.44. The molecule has 0 unspecified atom stereocenters. The summed E-state index contributed by atoms with van der Waals surface area (Å²) in [6.45, 7) is 0. The number of nitrogens with two attached hydrogens (primary N) is 1. The maximum Gasteiger partial charge on any atom is 0.131 e. The van der Waals surface area contributed by atoms with Crippen LogP contribution in [0.3, 0.4) is 0 Å². The van der Waals surface area contributed by atoms with Gasteiger partial charge in [-0.05, 0) is 12.1 Å². The number of anilines is 1. The molecule has 0 atom stereocenters. The number of rotatable bonds is 2. The van der Waals surface area contributed by atoms with Crippen LogP contribution in [0.2, 0.25) is 0 Å². The van der Waals surface area contributed by atoms with Crippen LogP contribution in [-0.2, 0) is 0 Å². The molecule has 0 spiro atoms. The lowest BCUT2D eigenvalue weighted by atomic mass is 10.3. The normalized spacial score (nSPS) is 10.1. The van der Waals surface area contributed by atoms with Crippen molar-refractivity contribution in [3.63, 3.8) is 0 Å². The quantitative estimate of drug-likeness (QED) is 0.732. The second kappa shape index (κ2) is 3.45. The highest BCUT2D eigenvalue weighted by Gasteiger charge is 2.07. The van der Waals surface area contributed by atoms with E-state index < -0.39 is 5.97 Å². The van der Waals surface area contributed by atoms with Crippen LogP contribution in [0.1, 0.15) is 10.5 Å². The first kappa shape index (κ1) is 9.26. The van der Waals surface area contributed by atoms with Gasteiger partial charge >= 0.3 is 0 Å². The van der Waals surface area contributed by atoms with Crippen molar-refractivity contribution in [3.8, 4) is 5.69 Å². The van der Waals surface area contributed by atoms with Crippen molar-refractivity contribution in [1.29, 1.82) is 0 Å². The van der Waals surface area contributed by atoms with Crippen LogP contribution < -0.4 is 10.8 Å². The predicted octanol–water partition coefficient (Wildman–Crippen LogP) is -0.182. The number of carbonyl (C=O) groups excluding carboxylic acids is 1. The molecule has 0 aliphatic rings. The number of nitrogen functional groups attached to an aromatic ring is 1. The van der Waals surface area contributed by atoms with E-state index in [0.717, 1.165) is 5.69 Å². The van der Waals surface area contributed by atoms with Gasteiger partial charge in [0.25, 0.3) is 0 Å². The van der Waals surface area contributed by atoms with Gasteiger partial charge in [-0.15, -0.1) is 0 Å². The molecule has 1 aromatic heterocycles. The van der Waals surface area contributed by atoms with Gasteiger partial charge in [-0.1, -0.05) is 18.2 Å². The Labute approximate surface area is 85.8 Å². The van der Waals surface area contributed by atoms with Crippen LogP contribution >= 0.6 is 0 Å². The van der Waals surface area contributed by atoms with E-state index in [9.17, 15) is 9.90 Å². The summed E-state index contributed by atoms with van der Waals surface area (Å²) in [4.78, 5) is 10.6. The molecule has 5 nitrogen and oxygen atoms in total. The highest BCUT2D eigenvalue weighted by molar-refractivity contribution is 5.89. The van der Waals surface area contributed by atoms with Gasteiger partial charge in [0, 0.05) is 0 Å². The number of carboxylic acid groups (broad SMARTS) is 1. The number of para-hydroxylation sites is 1. The lowest BCUT2D eigenvalue weighted by Gasteiger charge is -1.99. The van der Waals surface area contributed by atoms with Gasteiger partial charge in [-0.3, -0.25) is 0 Å². The molecule has 2 rings (SSSR count). The highest BCUT2D eigenvalue weighted by atomic mass is 16.4. The minimum Gasteiger partial charge on any atom is -0.543 e. The number of carboxylic acids is 1. The van der Waals surface area contributed by atoms with E-state index in [4.69, 9.17) is 5.73 Å². The molecule has 2 aromatic rings. The zero-order valence-electron chi connectivity index (χ0n) is 7.75. The molecule has 0 aliphatic carbocycles. The predicted molar refractivity (Wildman–Crippen MR) is 52.3 cm³/mol. The fourth-order valence-electron chi connectivity index (χ4n) is 1.26. The van der Waals surface area contributed by atoms with E-state index in [0.29, 0.717) is 0 Å². The molecule has 15 heavy (non-hydrogen) atoms.